The van der Waals surface area contributed by atoms with E-state index in [0.717, 1.165) is 11.1 Å². The van der Waals surface area contributed by atoms with Gasteiger partial charge in [-0.3, -0.25) is 19.7 Å². The van der Waals surface area contributed by atoms with Crippen LogP contribution in [-0.2, 0) is 16.0 Å². The fraction of sp³-hybridized carbons (Fsp3) is 0.364. The van der Waals surface area contributed by atoms with Crippen molar-refractivity contribution in [3.63, 3.8) is 0 Å². The van der Waals surface area contributed by atoms with Gasteiger partial charge in [0.2, 0.25) is 0 Å². The lowest BCUT2D eigenvalue weighted by Gasteiger charge is -2.37. The molecule has 1 heterocycles. The van der Waals surface area contributed by atoms with E-state index in [9.17, 15) is 19.7 Å². The maximum absolute atomic E-state index is 13.4. The number of amides is 1. The van der Waals surface area contributed by atoms with Gasteiger partial charge in [0, 0.05) is 18.2 Å². The number of nitro groups is 1. The van der Waals surface area contributed by atoms with Crippen LogP contribution < -0.4 is 14.2 Å². The predicted molar refractivity (Wildman–Crippen MR) is 113 cm³/mol. The molecule has 0 spiro atoms. The van der Waals surface area contributed by atoms with Crippen LogP contribution >= 0.6 is 0 Å². The molecule has 3 rings (SSSR count). The molecule has 1 aliphatic rings. The Morgan fingerprint density at radius 2 is 1.69 bits per heavy atom. The molecule has 10 heteroatoms. The maximum atomic E-state index is 13.4. The molecular weight excluding hydrogens is 420 g/mol. The largest absolute Gasteiger partial charge is 0.493 e. The highest BCUT2D eigenvalue weighted by molar-refractivity contribution is 5.96. The van der Waals surface area contributed by atoms with Crippen LogP contribution in [0.2, 0.25) is 0 Å². The van der Waals surface area contributed by atoms with Crippen molar-refractivity contribution in [3.8, 4) is 17.2 Å². The maximum Gasteiger partial charge on any atom is 0.311 e. The second-order valence-electron chi connectivity index (χ2n) is 7.09. The molecule has 1 aliphatic heterocycles. The number of hydrogen-bond acceptors (Lipinski definition) is 8. The number of carbonyl (C=O) groups is 2. The number of methoxy groups -OCH3 is 4. The third-order valence-electron chi connectivity index (χ3n) is 5.47. The highest BCUT2D eigenvalue weighted by Crippen LogP contribution is 2.40. The van der Waals surface area contributed by atoms with Gasteiger partial charge in [-0.25, -0.2) is 0 Å². The Hall–Kier alpha value is -3.82. The molecule has 1 atom stereocenters. The van der Waals surface area contributed by atoms with E-state index >= 15 is 0 Å². The second kappa shape index (κ2) is 9.54. The Balaban J connectivity index is 2.06. The molecule has 0 saturated heterocycles. The first-order valence-electron chi connectivity index (χ1n) is 9.79. The molecule has 0 aromatic heterocycles. The average Bonchev–Trinajstić information content (AvgIpc) is 2.82. The third kappa shape index (κ3) is 4.29. The van der Waals surface area contributed by atoms with Gasteiger partial charge in [-0.05, 0) is 41.8 Å². The fourth-order valence-electron chi connectivity index (χ4n) is 3.86. The Morgan fingerprint density at radius 1 is 1.03 bits per heavy atom. The minimum atomic E-state index is -0.639. The van der Waals surface area contributed by atoms with Crippen LogP contribution in [0.1, 0.15) is 33.9 Å². The van der Waals surface area contributed by atoms with E-state index in [1.807, 2.05) is 6.07 Å². The number of esters is 1. The first-order valence-corrected chi connectivity index (χ1v) is 9.79. The zero-order valence-electron chi connectivity index (χ0n) is 18.2. The van der Waals surface area contributed by atoms with E-state index in [-0.39, 0.29) is 23.4 Å². The van der Waals surface area contributed by atoms with Crippen LogP contribution in [0.25, 0.3) is 0 Å². The van der Waals surface area contributed by atoms with E-state index in [2.05, 4.69) is 0 Å². The van der Waals surface area contributed by atoms with Crippen molar-refractivity contribution < 1.29 is 33.5 Å². The van der Waals surface area contributed by atoms with E-state index in [0.29, 0.717) is 24.5 Å². The quantitative estimate of drug-likeness (QED) is 0.363. The average molecular weight is 444 g/mol. The minimum absolute atomic E-state index is 0.0541. The number of benzene rings is 2. The van der Waals surface area contributed by atoms with Gasteiger partial charge in [0.15, 0.2) is 17.2 Å². The SMILES string of the molecule is COC(=O)C[C@@H]1c2cc(OC)c(OC)cc2CCN1C(=O)c1ccc(OC)c([N+](=O)[O-])c1. The summed E-state index contributed by atoms with van der Waals surface area (Å²) in [5.41, 5.74) is 1.46. The normalized spacial score (nSPS) is 14.9. The topological polar surface area (TPSA) is 117 Å². The van der Waals surface area contributed by atoms with Crippen LogP contribution in [0.3, 0.4) is 0 Å². The molecule has 170 valence electrons. The second-order valence-corrected chi connectivity index (χ2v) is 7.09. The van der Waals surface area contributed by atoms with Gasteiger partial charge in [-0.15, -0.1) is 0 Å². The van der Waals surface area contributed by atoms with Crippen molar-refractivity contribution in [1.82, 2.24) is 4.90 Å². The molecule has 0 N–H and O–H groups in total. The van der Waals surface area contributed by atoms with Gasteiger partial charge in [0.25, 0.3) is 5.91 Å². The molecule has 0 saturated carbocycles. The summed E-state index contributed by atoms with van der Waals surface area (Å²) in [7, 11) is 5.63. The lowest BCUT2D eigenvalue weighted by atomic mass is 9.89. The molecular formula is C22H24N2O8. The Kier molecular flexibility index (Phi) is 6.82. The predicted octanol–water partition coefficient (Wildman–Crippen LogP) is 2.92. The Bertz CT molecular complexity index is 1050. The number of ether oxygens (including phenoxy) is 4. The summed E-state index contributed by atoms with van der Waals surface area (Å²) in [6.07, 6.45) is 0.431. The number of hydrogen-bond donors (Lipinski definition) is 0. The molecule has 1 amide bonds. The van der Waals surface area contributed by atoms with Crippen molar-refractivity contribution in [2.75, 3.05) is 35.0 Å². The summed E-state index contributed by atoms with van der Waals surface area (Å²) >= 11 is 0. The van der Waals surface area contributed by atoms with Crippen LogP contribution in [0, 0.1) is 10.1 Å². The van der Waals surface area contributed by atoms with E-state index < -0.39 is 22.8 Å². The van der Waals surface area contributed by atoms with E-state index in [1.54, 1.807) is 6.07 Å². The van der Waals surface area contributed by atoms with Crippen molar-refractivity contribution in [2.45, 2.75) is 18.9 Å². The van der Waals surface area contributed by atoms with Crippen molar-refractivity contribution in [2.24, 2.45) is 0 Å². The van der Waals surface area contributed by atoms with Crippen molar-refractivity contribution in [1.29, 1.82) is 0 Å². The van der Waals surface area contributed by atoms with Crippen molar-refractivity contribution in [3.05, 3.63) is 57.1 Å². The highest BCUT2D eigenvalue weighted by atomic mass is 16.6. The monoisotopic (exact) mass is 444 g/mol. The number of rotatable bonds is 7. The van der Waals surface area contributed by atoms with Crippen LogP contribution in [0.5, 0.6) is 17.2 Å². The molecule has 2 aromatic rings. The molecule has 2 aromatic carbocycles. The van der Waals surface area contributed by atoms with Gasteiger partial charge >= 0.3 is 11.7 Å². The van der Waals surface area contributed by atoms with E-state index in [4.69, 9.17) is 18.9 Å². The molecule has 0 radical (unpaired) electrons. The molecule has 0 aliphatic carbocycles. The molecule has 32 heavy (non-hydrogen) atoms. The summed E-state index contributed by atoms with van der Waals surface area (Å²) in [5.74, 6) is 0.142. The van der Waals surface area contributed by atoms with Gasteiger partial charge < -0.3 is 23.8 Å². The third-order valence-corrected chi connectivity index (χ3v) is 5.47. The van der Waals surface area contributed by atoms with Gasteiger partial charge in [0.1, 0.15) is 0 Å². The minimum Gasteiger partial charge on any atom is -0.493 e. The van der Waals surface area contributed by atoms with Crippen LogP contribution in [0.4, 0.5) is 5.69 Å². The first-order chi connectivity index (χ1) is 15.3. The van der Waals surface area contributed by atoms with Crippen molar-refractivity contribution >= 4 is 17.6 Å². The summed E-state index contributed by atoms with van der Waals surface area (Å²) < 4.78 is 20.6. The number of fused-ring (bicyclic) bond motifs is 1. The Labute approximate surface area is 184 Å². The smallest absolute Gasteiger partial charge is 0.311 e. The lowest BCUT2D eigenvalue weighted by Crippen LogP contribution is -2.41. The van der Waals surface area contributed by atoms with Gasteiger partial charge in [-0.1, -0.05) is 0 Å². The van der Waals surface area contributed by atoms with Crippen LogP contribution in [-0.4, -0.2) is 56.7 Å². The highest BCUT2D eigenvalue weighted by Gasteiger charge is 2.35. The molecule has 0 bridgehead atoms. The Morgan fingerprint density at radius 3 is 2.28 bits per heavy atom. The number of nitro benzene ring substituents is 1. The van der Waals surface area contributed by atoms with Gasteiger partial charge in [-0.2, -0.15) is 0 Å². The fourth-order valence-corrected chi connectivity index (χ4v) is 3.86. The van der Waals surface area contributed by atoms with E-state index in [1.165, 1.54) is 51.5 Å². The summed E-state index contributed by atoms with van der Waals surface area (Å²) in [6.45, 7) is 0.308. The summed E-state index contributed by atoms with van der Waals surface area (Å²) in [5, 5.41) is 11.4. The van der Waals surface area contributed by atoms with Gasteiger partial charge in [0.05, 0.1) is 45.8 Å². The van der Waals surface area contributed by atoms with Crippen LogP contribution in [0.15, 0.2) is 30.3 Å². The molecule has 10 nitrogen and oxygen atoms in total. The number of nitrogens with zero attached hydrogens (tertiary/aromatic N) is 2. The summed E-state index contributed by atoms with van der Waals surface area (Å²) in [6, 6.07) is 6.97. The molecule has 0 unspecified atom stereocenters. The zero-order chi connectivity index (χ0) is 23.4. The zero-order valence-corrected chi connectivity index (χ0v) is 18.2. The lowest BCUT2D eigenvalue weighted by molar-refractivity contribution is -0.385. The first kappa shape index (κ1) is 22.9. The number of carbonyl (C=O) groups excluding carboxylic acids is 2. The molecule has 0 fully saturated rings. The standard InChI is InChI=1S/C22H24N2O8/c1-29-18-6-5-14(9-17(18)24(27)28)22(26)23-8-7-13-10-19(30-2)20(31-3)11-15(13)16(23)12-21(25)32-4/h5-6,9-11,16H,7-8,12H2,1-4H3/t16-/m1/s1. The summed E-state index contributed by atoms with van der Waals surface area (Å²) in [4.78, 5) is 37.9.